The lowest BCUT2D eigenvalue weighted by Gasteiger charge is -2.22. The second-order valence-electron chi connectivity index (χ2n) is 9.24. The molecule has 1 N–H and O–H groups in total. The second kappa shape index (κ2) is 9.94. The molecule has 0 saturated heterocycles. The van der Waals surface area contributed by atoms with E-state index in [2.05, 4.69) is 30.2 Å². The van der Waals surface area contributed by atoms with E-state index in [9.17, 15) is 4.79 Å². The zero-order valence-electron chi connectivity index (χ0n) is 21.7. The molecule has 4 heterocycles. The van der Waals surface area contributed by atoms with E-state index >= 15 is 0 Å². The highest BCUT2D eigenvalue weighted by Gasteiger charge is 2.20. The molecular formula is C30H25N7O2. The highest BCUT2D eigenvalue weighted by molar-refractivity contribution is 5.96. The summed E-state index contributed by atoms with van der Waals surface area (Å²) in [6.45, 7) is 4.01. The fourth-order valence-electron chi connectivity index (χ4n) is 4.81. The summed E-state index contributed by atoms with van der Waals surface area (Å²) >= 11 is 0. The molecule has 6 aromatic rings. The van der Waals surface area contributed by atoms with Gasteiger partial charge in [-0.1, -0.05) is 30.3 Å². The number of rotatable bonds is 6. The first-order valence-electron chi connectivity index (χ1n) is 12.5. The van der Waals surface area contributed by atoms with Crippen molar-refractivity contribution in [3.05, 3.63) is 107 Å². The Labute approximate surface area is 224 Å². The number of benzene rings is 2. The molecule has 0 fully saturated rings. The lowest BCUT2D eigenvalue weighted by molar-refractivity contribution is 0.380. The van der Waals surface area contributed by atoms with Crippen molar-refractivity contribution >= 4 is 27.6 Å². The molecule has 0 radical (unpaired) electrons. The molecule has 0 aliphatic heterocycles. The molecule has 0 aliphatic rings. The molecule has 9 nitrogen and oxygen atoms in total. The van der Waals surface area contributed by atoms with Crippen LogP contribution in [0.3, 0.4) is 0 Å². The number of ether oxygens (including phenoxy) is 1. The molecule has 0 unspecified atom stereocenters. The SMILES string of the molecule is COc1ncc(-c2cccc3cc([C@H](C)Nc4ncnc5cccnc45)n(-c4cccc(C)c4)c(=O)c23)cn1. The zero-order valence-corrected chi connectivity index (χ0v) is 21.7. The Bertz CT molecular complexity index is 1880. The lowest BCUT2D eigenvalue weighted by atomic mass is 9.99. The molecule has 0 saturated carbocycles. The number of aryl methyl sites for hydroxylation is 1. The Morgan fingerprint density at radius 1 is 0.923 bits per heavy atom. The number of hydrogen-bond donors (Lipinski definition) is 1. The number of nitrogens with zero attached hydrogens (tertiary/aromatic N) is 6. The highest BCUT2D eigenvalue weighted by Crippen LogP contribution is 2.30. The van der Waals surface area contributed by atoms with Crippen molar-refractivity contribution in [3.63, 3.8) is 0 Å². The molecule has 0 spiro atoms. The first-order chi connectivity index (χ1) is 19.0. The average Bonchev–Trinajstić information content (AvgIpc) is 2.97. The summed E-state index contributed by atoms with van der Waals surface area (Å²) in [5.74, 6) is 0.598. The first kappa shape index (κ1) is 24.2. The van der Waals surface area contributed by atoms with Crippen molar-refractivity contribution in [2.45, 2.75) is 19.9 Å². The van der Waals surface area contributed by atoms with Crippen LogP contribution in [0.5, 0.6) is 6.01 Å². The minimum Gasteiger partial charge on any atom is -0.467 e. The molecular weight excluding hydrogens is 490 g/mol. The van der Waals surface area contributed by atoms with E-state index in [-0.39, 0.29) is 17.6 Å². The van der Waals surface area contributed by atoms with E-state index < -0.39 is 0 Å². The second-order valence-corrected chi connectivity index (χ2v) is 9.24. The number of hydrogen-bond acceptors (Lipinski definition) is 8. The average molecular weight is 516 g/mol. The number of aromatic nitrogens is 6. The van der Waals surface area contributed by atoms with Crippen molar-refractivity contribution in [1.82, 2.24) is 29.5 Å². The van der Waals surface area contributed by atoms with Crippen LogP contribution in [0, 0.1) is 6.92 Å². The lowest BCUT2D eigenvalue weighted by Crippen LogP contribution is -2.26. The number of methoxy groups -OCH3 is 1. The van der Waals surface area contributed by atoms with Gasteiger partial charge in [-0.15, -0.1) is 0 Å². The smallest absolute Gasteiger partial charge is 0.316 e. The van der Waals surface area contributed by atoms with Gasteiger partial charge in [-0.25, -0.2) is 19.9 Å². The van der Waals surface area contributed by atoms with E-state index in [1.165, 1.54) is 13.4 Å². The van der Waals surface area contributed by atoms with Crippen molar-refractivity contribution in [3.8, 4) is 22.8 Å². The Morgan fingerprint density at radius 3 is 2.54 bits per heavy atom. The van der Waals surface area contributed by atoms with Gasteiger partial charge in [0.15, 0.2) is 5.82 Å². The standard InChI is InChI=1S/C30H25N7O2/c1-18-7-4-9-22(13-18)37-25(19(2)36-28-27-24(34-17-35-28)11-6-12-31-27)14-20-8-5-10-23(26(20)29(37)38)21-15-32-30(39-3)33-16-21/h4-17,19H,1-3H3,(H,34,35,36)/t19-/m0/s1. The van der Waals surface area contributed by atoms with Crippen LogP contribution in [-0.4, -0.2) is 36.6 Å². The van der Waals surface area contributed by atoms with Gasteiger partial charge < -0.3 is 10.1 Å². The van der Waals surface area contributed by atoms with Crippen LogP contribution in [-0.2, 0) is 0 Å². The Kier molecular flexibility index (Phi) is 6.16. The summed E-state index contributed by atoms with van der Waals surface area (Å²) in [5, 5.41) is 4.86. The topological polar surface area (TPSA) is 108 Å². The van der Waals surface area contributed by atoms with E-state index in [1.54, 1.807) is 23.2 Å². The van der Waals surface area contributed by atoms with Crippen LogP contribution in [0.25, 0.3) is 38.6 Å². The summed E-state index contributed by atoms with van der Waals surface area (Å²) in [7, 11) is 1.52. The quantitative estimate of drug-likeness (QED) is 0.319. The maximum atomic E-state index is 14.4. The van der Waals surface area contributed by atoms with E-state index in [4.69, 9.17) is 4.74 Å². The first-order valence-corrected chi connectivity index (χ1v) is 12.5. The maximum absolute atomic E-state index is 14.4. The van der Waals surface area contributed by atoms with Gasteiger partial charge in [-0.3, -0.25) is 14.3 Å². The summed E-state index contributed by atoms with van der Waals surface area (Å²) in [5.41, 5.74) is 5.35. The van der Waals surface area contributed by atoms with Crippen molar-refractivity contribution < 1.29 is 4.74 Å². The van der Waals surface area contributed by atoms with Crippen LogP contribution in [0.1, 0.15) is 24.2 Å². The Morgan fingerprint density at radius 2 is 1.74 bits per heavy atom. The maximum Gasteiger partial charge on any atom is 0.316 e. The molecule has 2 aromatic carbocycles. The van der Waals surface area contributed by atoms with Gasteiger partial charge in [0.05, 0.1) is 24.1 Å². The van der Waals surface area contributed by atoms with Crippen LogP contribution in [0.4, 0.5) is 5.82 Å². The Hall–Kier alpha value is -5.18. The largest absolute Gasteiger partial charge is 0.467 e. The molecule has 1 atom stereocenters. The third kappa shape index (κ3) is 4.44. The fourth-order valence-corrected chi connectivity index (χ4v) is 4.81. The summed E-state index contributed by atoms with van der Waals surface area (Å²) in [6.07, 6.45) is 6.56. The minimum absolute atomic E-state index is 0.140. The monoisotopic (exact) mass is 515 g/mol. The highest BCUT2D eigenvalue weighted by atomic mass is 16.5. The van der Waals surface area contributed by atoms with E-state index in [0.29, 0.717) is 16.7 Å². The summed E-state index contributed by atoms with van der Waals surface area (Å²) in [4.78, 5) is 36.1. The third-order valence-electron chi connectivity index (χ3n) is 6.65. The molecule has 0 amide bonds. The van der Waals surface area contributed by atoms with E-state index in [0.717, 1.165) is 39.0 Å². The summed E-state index contributed by atoms with van der Waals surface area (Å²) < 4.78 is 6.88. The molecule has 0 aliphatic carbocycles. The number of fused-ring (bicyclic) bond motifs is 2. The molecule has 0 bridgehead atoms. The zero-order chi connectivity index (χ0) is 26.9. The van der Waals surface area contributed by atoms with Crippen LogP contribution >= 0.6 is 0 Å². The van der Waals surface area contributed by atoms with Crippen molar-refractivity contribution in [2.24, 2.45) is 0 Å². The minimum atomic E-state index is -0.296. The molecule has 9 heteroatoms. The third-order valence-corrected chi connectivity index (χ3v) is 6.65. The molecule has 4 aromatic heterocycles. The number of pyridine rings is 2. The van der Waals surface area contributed by atoms with Crippen LogP contribution in [0.15, 0.2) is 90.4 Å². The number of anilines is 1. The van der Waals surface area contributed by atoms with Crippen LogP contribution < -0.4 is 15.6 Å². The number of nitrogens with one attached hydrogen (secondary N) is 1. The van der Waals surface area contributed by atoms with Crippen molar-refractivity contribution in [1.29, 1.82) is 0 Å². The van der Waals surface area contributed by atoms with Gasteiger partial charge in [0.1, 0.15) is 11.8 Å². The predicted octanol–water partition coefficient (Wildman–Crippen LogP) is 5.28. The van der Waals surface area contributed by atoms with Crippen LogP contribution in [0.2, 0.25) is 0 Å². The predicted molar refractivity (Wildman–Crippen MR) is 151 cm³/mol. The molecule has 192 valence electrons. The van der Waals surface area contributed by atoms with Gasteiger partial charge in [0, 0.05) is 35.5 Å². The van der Waals surface area contributed by atoms with Gasteiger partial charge in [-0.05, 0) is 60.7 Å². The van der Waals surface area contributed by atoms with Gasteiger partial charge in [-0.2, -0.15) is 0 Å². The normalized spacial score (nSPS) is 12.0. The molecule has 39 heavy (non-hydrogen) atoms. The Balaban J connectivity index is 1.56. The van der Waals surface area contributed by atoms with Gasteiger partial charge in [0.25, 0.3) is 5.56 Å². The van der Waals surface area contributed by atoms with E-state index in [1.807, 2.05) is 74.5 Å². The van der Waals surface area contributed by atoms with Gasteiger partial charge in [0.2, 0.25) is 0 Å². The summed E-state index contributed by atoms with van der Waals surface area (Å²) in [6, 6.07) is 19.4. The van der Waals surface area contributed by atoms with Crippen molar-refractivity contribution in [2.75, 3.05) is 12.4 Å². The van der Waals surface area contributed by atoms with Gasteiger partial charge >= 0.3 is 6.01 Å². The fraction of sp³-hybridized carbons (Fsp3) is 0.133. The molecule has 6 rings (SSSR count).